The second-order valence-corrected chi connectivity index (χ2v) is 7.66. The summed E-state index contributed by atoms with van der Waals surface area (Å²) < 4.78 is 31.1. The lowest BCUT2D eigenvalue weighted by Crippen LogP contribution is -2.28. The predicted octanol–water partition coefficient (Wildman–Crippen LogP) is 1.70. The highest BCUT2D eigenvalue weighted by Gasteiger charge is 2.27. The van der Waals surface area contributed by atoms with Crippen LogP contribution in [0.4, 0.5) is 0 Å². The monoisotopic (exact) mass is 428 g/mol. The molecular formula is C17H33O10P. The predicted molar refractivity (Wildman–Crippen MR) is 99.3 cm³/mol. The number of carbonyl (C=O) groups is 2. The van der Waals surface area contributed by atoms with Gasteiger partial charge >= 0.3 is 19.8 Å². The lowest BCUT2D eigenvalue weighted by molar-refractivity contribution is -0.153. The van der Waals surface area contributed by atoms with Crippen molar-refractivity contribution in [2.24, 2.45) is 0 Å². The summed E-state index contributed by atoms with van der Waals surface area (Å²) in [5.74, 6) is -1.10. The fraction of sp³-hybridized carbons (Fsp3) is 0.882. The molecule has 3 N–H and O–H groups in total. The molecule has 0 aliphatic carbocycles. The molecule has 0 heterocycles. The quantitative estimate of drug-likeness (QED) is 0.177. The van der Waals surface area contributed by atoms with Crippen molar-refractivity contribution in [1.82, 2.24) is 0 Å². The normalized spacial score (nSPS) is 15.5. The zero-order valence-electron chi connectivity index (χ0n) is 16.6. The number of esters is 2. The Morgan fingerprint density at radius 3 is 1.75 bits per heavy atom. The molecule has 0 rings (SSSR count). The summed E-state index contributed by atoms with van der Waals surface area (Å²) in [6, 6.07) is 0. The highest BCUT2D eigenvalue weighted by atomic mass is 31.2. The fourth-order valence-corrected chi connectivity index (χ4v) is 2.81. The van der Waals surface area contributed by atoms with E-state index >= 15 is 0 Å². The van der Waals surface area contributed by atoms with Gasteiger partial charge in [-0.1, -0.05) is 33.1 Å². The van der Waals surface area contributed by atoms with E-state index in [0.29, 0.717) is 12.8 Å². The Morgan fingerprint density at radius 2 is 1.32 bits per heavy atom. The van der Waals surface area contributed by atoms with Crippen LogP contribution in [-0.4, -0.2) is 65.7 Å². The molecule has 0 spiro atoms. The largest absolute Gasteiger partial charge is 0.472 e. The maximum absolute atomic E-state index is 11.9. The van der Waals surface area contributed by atoms with E-state index in [0.717, 1.165) is 19.3 Å². The first-order valence-corrected chi connectivity index (χ1v) is 11.0. The number of hydrogen-bond donors (Lipinski definition) is 3. The molecule has 0 bridgehead atoms. The van der Waals surface area contributed by atoms with E-state index in [1.54, 1.807) is 6.92 Å². The van der Waals surface area contributed by atoms with Crippen molar-refractivity contribution >= 4 is 19.8 Å². The molecule has 0 amide bonds. The average molecular weight is 428 g/mol. The molecule has 0 aliphatic rings. The smallest absolute Gasteiger partial charge is 0.457 e. The zero-order valence-corrected chi connectivity index (χ0v) is 17.5. The van der Waals surface area contributed by atoms with Gasteiger partial charge in [-0.2, -0.15) is 0 Å². The van der Waals surface area contributed by atoms with Gasteiger partial charge in [0.05, 0.1) is 26.4 Å². The number of carbonyl (C=O) groups excluding carboxylic acids is 2. The highest BCUT2D eigenvalue weighted by Crippen LogP contribution is 2.43. The minimum Gasteiger partial charge on any atom is -0.457 e. The molecule has 0 radical (unpaired) electrons. The number of rotatable bonds is 17. The minimum atomic E-state index is -4.56. The van der Waals surface area contributed by atoms with Gasteiger partial charge in [-0.15, -0.1) is 0 Å². The van der Waals surface area contributed by atoms with Crippen LogP contribution in [-0.2, 0) is 32.7 Å². The average Bonchev–Trinajstić information content (AvgIpc) is 2.65. The van der Waals surface area contributed by atoms with Crippen LogP contribution in [0.3, 0.4) is 0 Å². The van der Waals surface area contributed by atoms with Gasteiger partial charge in [0.25, 0.3) is 0 Å². The van der Waals surface area contributed by atoms with Crippen molar-refractivity contribution in [1.29, 1.82) is 0 Å². The summed E-state index contributed by atoms with van der Waals surface area (Å²) >= 11 is 0. The Labute approximate surface area is 165 Å². The third-order valence-corrected chi connectivity index (χ3v) is 4.49. The summed E-state index contributed by atoms with van der Waals surface area (Å²) in [5.41, 5.74) is 0. The minimum absolute atomic E-state index is 0.145. The third-order valence-electron chi connectivity index (χ3n) is 3.54. The first kappa shape index (κ1) is 27.0. The fourth-order valence-electron chi connectivity index (χ4n) is 2.03. The van der Waals surface area contributed by atoms with Crippen LogP contribution < -0.4 is 0 Å². The Balaban J connectivity index is 4.29. The van der Waals surface area contributed by atoms with E-state index in [4.69, 9.17) is 19.1 Å². The number of aliphatic hydroxyl groups excluding tert-OH is 2. The summed E-state index contributed by atoms with van der Waals surface area (Å²) in [4.78, 5) is 32.7. The van der Waals surface area contributed by atoms with E-state index < -0.39 is 58.4 Å². The number of phosphoric acid groups is 1. The lowest BCUT2D eigenvalue weighted by Gasteiger charge is -2.20. The van der Waals surface area contributed by atoms with Crippen molar-refractivity contribution < 1.29 is 47.8 Å². The Bertz CT molecular complexity index is 485. The van der Waals surface area contributed by atoms with Crippen LogP contribution in [0.15, 0.2) is 0 Å². The van der Waals surface area contributed by atoms with Gasteiger partial charge < -0.3 is 24.6 Å². The molecule has 10 nitrogen and oxygen atoms in total. The molecule has 3 atom stereocenters. The molecule has 0 fully saturated rings. The zero-order chi connectivity index (χ0) is 21.4. The van der Waals surface area contributed by atoms with Crippen molar-refractivity contribution in [3.05, 3.63) is 0 Å². The maximum atomic E-state index is 11.9. The van der Waals surface area contributed by atoms with Gasteiger partial charge in [0.1, 0.15) is 12.2 Å². The summed E-state index contributed by atoms with van der Waals surface area (Å²) in [6.07, 6.45) is 2.25. The van der Waals surface area contributed by atoms with E-state index in [1.165, 1.54) is 0 Å². The van der Waals surface area contributed by atoms with Crippen LogP contribution in [0.1, 0.15) is 58.8 Å². The van der Waals surface area contributed by atoms with Crippen LogP contribution in [0.5, 0.6) is 0 Å². The van der Waals surface area contributed by atoms with Gasteiger partial charge in [-0.3, -0.25) is 18.6 Å². The molecule has 0 aromatic carbocycles. The van der Waals surface area contributed by atoms with Crippen molar-refractivity contribution in [3.8, 4) is 0 Å². The van der Waals surface area contributed by atoms with Crippen LogP contribution in [0.2, 0.25) is 0 Å². The van der Waals surface area contributed by atoms with Gasteiger partial charge in [-0.05, 0) is 12.8 Å². The molecule has 0 saturated carbocycles. The Morgan fingerprint density at radius 1 is 0.821 bits per heavy atom. The van der Waals surface area contributed by atoms with Gasteiger partial charge in [0.15, 0.2) is 0 Å². The second-order valence-electron chi connectivity index (χ2n) is 6.21. The molecule has 0 aromatic rings. The molecule has 166 valence electrons. The van der Waals surface area contributed by atoms with Gasteiger partial charge in [-0.25, -0.2) is 4.57 Å². The molecule has 0 saturated heterocycles. The topological polar surface area (TPSA) is 149 Å². The Kier molecular flexibility index (Phi) is 15.3. The van der Waals surface area contributed by atoms with E-state index in [2.05, 4.69) is 4.52 Å². The van der Waals surface area contributed by atoms with Gasteiger partial charge in [0, 0.05) is 12.8 Å². The molecule has 3 unspecified atom stereocenters. The standard InChI is InChI=1S/C17H33O10P/c1-3-5-6-7-9-17(21)27-15(11-19)13-25-28(22,23)24-12-14(10-18)26-16(20)8-4-2/h14-15,18-19H,3-13H2,1-2H3,(H,22,23). The number of unbranched alkanes of at least 4 members (excludes halogenated alkanes) is 3. The van der Waals surface area contributed by atoms with Crippen LogP contribution in [0, 0.1) is 0 Å². The third kappa shape index (κ3) is 14.0. The van der Waals surface area contributed by atoms with Crippen LogP contribution in [0.25, 0.3) is 0 Å². The number of ether oxygens (including phenoxy) is 2. The van der Waals surface area contributed by atoms with E-state index in [-0.39, 0.29) is 12.8 Å². The molecule has 0 aromatic heterocycles. The van der Waals surface area contributed by atoms with Crippen molar-refractivity contribution in [2.45, 2.75) is 71.0 Å². The summed E-state index contributed by atoms with van der Waals surface area (Å²) in [6.45, 7) is 1.53. The number of hydrogen-bond acceptors (Lipinski definition) is 9. The first-order valence-electron chi connectivity index (χ1n) is 9.50. The summed E-state index contributed by atoms with van der Waals surface area (Å²) in [7, 11) is -4.56. The first-order chi connectivity index (χ1) is 13.3. The van der Waals surface area contributed by atoms with Gasteiger partial charge in [0.2, 0.25) is 0 Å². The Hall–Kier alpha value is -1.03. The van der Waals surface area contributed by atoms with Crippen molar-refractivity contribution in [2.75, 3.05) is 26.4 Å². The molecule has 28 heavy (non-hydrogen) atoms. The molecule has 0 aliphatic heterocycles. The molecular weight excluding hydrogens is 395 g/mol. The highest BCUT2D eigenvalue weighted by molar-refractivity contribution is 7.47. The SMILES string of the molecule is CCCCCCC(=O)OC(CO)COP(=O)(O)OCC(CO)OC(=O)CCC. The lowest BCUT2D eigenvalue weighted by atomic mass is 10.1. The van der Waals surface area contributed by atoms with Crippen LogP contribution >= 0.6 is 7.82 Å². The molecule has 11 heteroatoms. The number of phosphoric ester groups is 1. The maximum Gasteiger partial charge on any atom is 0.472 e. The van der Waals surface area contributed by atoms with E-state index in [1.807, 2.05) is 6.92 Å². The van der Waals surface area contributed by atoms with E-state index in [9.17, 15) is 24.2 Å². The number of aliphatic hydroxyl groups is 2. The summed E-state index contributed by atoms with van der Waals surface area (Å²) in [5, 5.41) is 18.4. The second kappa shape index (κ2) is 15.8. The van der Waals surface area contributed by atoms with Crippen molar-refractivity contribution in [3.63, 3.8) is 0 Å².